The van der Waals surface area contributed by atoms with Crippen molar-refractivity contribution in [3.63, 3.8) is 0 Å². The number of hydrogen-bond acceptors (Lipinski definition) is 7. The quantitative estimate of drug-likeness (QED) is 0.0212. The van der Waals surface area contributed by atoms with E-state index in [1.807, 2.05) is 21.1 Å². The van der Waals surface area contributed by atoms with E-state index in [0.29, 0.717) is 17.4 Å². The van der Waals surface area contributed by atoms with Crippen molar-refractivity contribution < 1.29 is 42.1 Å². The number of allylic oxidation sites excluding steroid dienone is 10. The number of unbranched alkanes of at least 4 members (excludes halogenated alkanes) is 21. The lowest BCUT2D eigenvalue weighted by Crippen LogP contribution is -2.37. The van der Waals surface area contributed by atoms with Crippen LogP contribution in [0.4, 0.5) is 0 Å². The summed E-state index contributed by atoms with van der Waals surface area (Å²) in [6.07, 6.45) is 54.0. The number of phosphoric ester groups is 1. The molecule has 0 radical (unpaired) electrons. The third-order valence-electron chi connectivity index (χ3n) is 10.5. The minimum Gasteiger partial charge on any atom is -0.462 e. The van der Waals surface area contributed by atoms with Crippen LogP contribution in [0.2, 0.25) is 0 Å². The summed E-state index contributed by atoms with van der Waals surface area (Å²) in [5, 5.41) is 0. The number of ether oxygens (including phenoxy) is 2. The van der Waals surface area contributed by atoms with Crippen molar-refractivity contribution in [3.05, 3.63) is 60.8 Å². The Kier molecular flexibility index (Phi) is 42.3. The number of likely N-dealkylation sites (N-methyl/N-ethyl adjacent to an activating group) is 1. The number of rotatable bonds is 45. The summed E-state index contributed by atoms with van der Waals surface area (Å²) < 4.78 is 34.4. The first kappa shape index (κ1) is 59.7. The fourth-order valence-corrected chi connectivity index (χ4v) is 7.32. The van der Waals surface area contributed by atoms with Gasteiger partial charge in [-0.05, 0) is 83.5 Å². The number of esters is 2. The van der Waals surface area contributed by atoms with Crippen molar-refractivity contribution in [3.8, 4) is 0 Å². The predicted octanol–water partition coefficient (Wildman–Crippen LogP) is 14.8. The Bertz CT molecular complexity index is 1240. The molecule has 0 aliphatic heterocycles. The summed E-state index contributed by atoms with van der Waals surface area (Å²) in [5.41, 5.74) is 0. The van der Waals surface area contributed by atoms with Crippen LogP contribution in [0.1, 0.15) is 206 Å². The van der Waals surface area contributed by atoms with Gasteiger partial charge < -0.3 is 18.9 Å². The van der Waals surface area contributed by atoms with E-state index in [1.165, 1.54) is 96.3 Å². The summed E-state index contributed by atoms with van der Waals surface area (Å²) in [4.78, 5) is 35.5. The summed E-state index contributed by atoms with van der Waals surface area (Å²) in [6, 6.07) is 0. The summed E-state index contributed by atoms with van der Waals surface area (Å²) in [7, 11) is 1.46. The Morgan fingerprint density at radius 1 is 0.500 bits per heavy atom. The first-order chi connectivity index (χ1) is 30.0. The molecule has 0 aromatic carbocycles. The SMILES string of the molecule is CCCCC/C=C\C/C=C\C/C=C\CCCCCCCCC(=O)OC(COC(=O)CCCCCCCCCCC/C=C\C/C=C\CCCCC)COP(=O)(O)OCC[N+](C)(C)C. The summed E-state index contributed by atoms with van der Waals surface area (Å²) >= 11 is 0. The van der Waals surface area contributed by atoms with Gasteiger partial charge in [0.1, 0.15) is 19.8 Å². The smallest absolute Gasteiger partial charge is 0.462 e. The Labute approximate surface area is 381 Å². The molecule has 0 heterocycles. The standard InChI is InChI=1S/C52H94NO8P/c1-6-8-10-12-14-16-18-20-22-24-26-28-30-32-34-36-38-40-42-44-51(54)58-48-50(49-60-62(56,57)59-47-46-53(3,4)5)61-52(55)45-43-41-39-37-35-33-31-29-27-25-23-21-19-17-15-13-11-9-7-2/h14-17,20-23,27,29,50H,6-13,18-19,24-26,28,30-49H2,1-5H3/p+1/b16-14-,17-15-,22-20-,23-21-,29-27-. The molecule has 0 bridgehead atoms. The molecule has 2 atom stereocenters. The molecule has 10 heteroatoms. The zero-order valence-electron chi connectivity index (χ0n) is 40.6. The van der Waals surface area contributed by atoms with Crippen molar-refractivity contribution >= 4 is 19.8 Å². The molecule has 0 aliphatic carbocycles. The van der Waals surface area contributed by atoms with Crippen LogP contribution in [-0.4, -0.2) is 74.9 Å². The average molecular weight is 893 g/mol. The zero-order chi connectivity index (χ0) is 45.7. The summed E-state index contributed by atoms with van der Waals surface area (Å²) in [6.45, 7) is 4.36. The second-order valence-electron chi connectivity index (χ2n) is 17.8. The Balaban J connectivity index is 4.31. The topological polar surface area (TPSA) is 108 Å². The number of hydrogen-bond donors (Lipinski definition) is 1. The maximum Gasteiger partial charge on any atom is 0.472 e. The third kappa shape index (κ3) is 47.2. The minimum atomic E-state index is -4.39. The van der Waals surface area contributed by atoms with E-state index >= 15 is 0 Å². The molecule has 0 fully saturated rings. The highest BCUT2D eigenvalue weighted by atomic mass is 31.2. The molecule has 0 spiro atoms. The van der Waals surface area contributed by atoms with E-state index in [2.05, 4.69) is 74.6 Å². The minimum absolute atomic E-state index is 0.0260. The van der Waals surface area contributed by atoms with Crippen molar-refractivity contribution in [2.24, 2.45) is 0 Å². The second-order valence-corrected chi connectivity index (χ2v) is 19.3. The monoisotopic (exact) mass is 893 g/mol. The Morgan fingerprint density at radius 2 is 0.871 bits per heavy atom. The largest absolute Gasteiger partial charge is 0.472 e. The first-order valence-electron chi connectivity index (χ1n) is 25.0. The van der Waals surface area contributed by atoms with Gasteiger partial charge in [0.2, 0.25) is 0 Å². The van der Waals surface area contributed by atoms with Crippen molar-refractivity contribution in [2.45, 2.75) is 213 Å². The molecule has 0 saturated heterocycles. The van der Waals surface area contributed by atoms with Gasteiger partial charge in [-0.3, -0.25) is 18.6 Å². The molecule has 0 saturated carbocycles. The molecular formula is C52H95NO8P+. The van der Waals surface area contributed by atoms with Crippen LogP contribution in [0.5, 0.6) is 0 Å². The maximum atomic E-state index is 12.7. The van der Waals surface area contributed by atoms with Gasteiger partial charge in [0, 0.05) is 12.8 Å². The highest BCUT2D eigenvalue weighted by Gasteiger charge is 2.27. The third-order valence-corrected chi connectivity index (χ3v) is 11.5. The van der Waals surface area contributed by atoms with Crippen LogP contribution in [0.15, 0.2) is 60.8 Å². The van der Waals surface area contributed by atoms with Gasteiger partial charge in [0.15, 0.2) is 6.10 Å². The second kappa shape index (κ2) is 43.9. The highest BCUT2D eigenvalue weighted by molar-refractivity contribution is 7.47. The fourth-order valence-electron chi connectivity index (χ4n) is 6.58. The van der Waals surface area contributed by atoms with Crippen molar-refractivity contribution in [1.29, 1.82) is 0 Å². The molecule has 0 rings (SSSR count). The van der Waals surface area contributed by atoms with E-state index in [1.54, 1.807) is 0 Å². The maximum absolute atomic E-state index is 12.7. The van der Waals surface area contributed by atoms with Gasteiger partial charge in [-0.15, -0.1) is 0 Å². The lowest BCUT2D eigenvalue weighted by molar-refractivity contribution is -0.870. The molecular weight excluding hydrogens is 798 g/mol. The number of phosphoric acid groups is 1. The number of nitrogens with zero attached hydrogens (tertiary/aromatic N) is 1. The fraction of sp³-hybridized carbons (Fsp3) is 0.769. The molecule has 0 aromatic rings. The Morgan fingerprint density at radius 3 is 1.29 bits per heavy atom. The lowest BCUT2D eigenvalue weighted by Gasteiger charge is -2.24. The molecule has 0 aromatic heterocycles. The van der Waals surface area contributed by atoms with E-state index < -0.39 is 26.5 Å². The molecule has 360 valence electrons. The number of quaternary nitrogens is 1. The van der Waals surface area contributed by atoms with Crippen LogP contribution in [-0.2, 0) is 32.7 Å². The predicted molar refractivity (Wildman–Crippen MR) is 261 cm³/mol. The zero-order valence-corrected chi connectivity index (χ0v) is 41.5. The van der Waals surface area contributed by atoms with Gasteiger partial charge in [0.25, 0.3) is 0 Å². The van der Waals surface area contributed by atoms with Gasteiger partial charge in [0.05, 0.1) is 27.7 Å². The van der Waals surface area contributed by atoms with Gasteiger partial charge in [-0.25, -0.2) is 4.57 Å². The van der Waals surface area contributed by atoms with E-state index in [-0.39, 0.29) is 32.0 Å². The van der Waals surface area contributed by atoms with Crippen LogP contribution >= 0.6 is 7.82 Å². The lowest BCUT2D eigenvalue weighted by atomic mass is 10.1. The van der Waals surface area contributed by atoms with Crippen molar-refractivity contribution in [1.82, 2.24) is 0 Å². The van der Waals surface area contributed by atoms with Crippen molar-refractivity contribution in [2.75, 3.05) is 47.5 Å². The molecule has 0 amide bonds. The molecule has 9 nitrogen and oxygen atoms in total. The van der Waals surface area contributed by atoms with Crippen LogP contribution in [0.3, 0.4) is 0 Å². The van der Waals surface area contributed by atoms with Crippen LogP contribution in [0, 0.1) is 0 Å². The summed E-state index contributed by atoms with van der Waals surface area (Å²) in [5.74, 6) is -0.817. The highest BCUT2D eigenvalue weighted by Crippen LogP contribution is 2.43. The van der Waals surface area contributed by atoms with Gasteiger partial charge in [-0.2, -0.15) is 0 Å². The Hall–Kier alpha value is -2.29. The number of carbonyl (C=O) groups is 2. The first-order valence-corrected chi connectivity index (χ1v) is 26.5. The van der Waals surface area contributed by atoms with Crippen LogP contribution < -0.4 is 0 Å². The van der Waals surface area contributed by atoms with Crippen LogP contribution in [0.25, 0.3) is 0 Å². The molecule has 1 N–H and O–H groups in total. The molecule has 62 heavy (non-hydrogen) atoms. The van der Waals surface area contributed by atoms with E-state index in [4.69, 9.17) is 18.5 Å². The van der Waals surface area contributed by atoms with Gasteiger partial charge >= 0.3 is 19.8 Å². The normalized spacial score (nSPS) is 14.0. The van der Waals surface area contributed by atoms with E-state index in [0.717, 1.165) is 77.0 Å². The van der Waals surface area contributed by atoms with Gasteiger partial charge in [-0.1, -0.05) is 171 Å². The molecule has 2 unspecified atom stereocenters. The number of carbonyl (C=O) groups excluding carboxylic acids is 2. The average Bonchev–Trinajstić information content (AvgIpc) is 3.23. The van der Waals surface area contributed by atoms with E-state index in [9.17, 15) is 19.0 Å². The molecule has 0 aliphatic rings.